The number of halogens is 3. The maximum Gasteiger partial charge on any atom is 0.251 e. The van der Waals surface area contributed by atoms with E-state index in [0.29, 0.717) is 23.1 Å². The van der Waals surface area contributed by atoms with Crippen LogP contribution in [0.4, 0.5) is 14.5 Å². The summed E-state index contributed by atoms with van der Waals surface area (Å²) in [6.07, 6.45) is 0.355. The second-order valence-electron chi connectivity index (χ2n) is 6.28. The minimum Gasteiger partial charge on any atom is -0.340 e. The zero-order valence-corrected chi connectivity index (χ0v) is 15.1. The highest BCUT2D eigenvalue weighted by molar-refractivity contribution is 6.30. The number of hydrogen-bond donors (Lipinski definition) is 2. The van der Waals surface area contributed by atoms with E-state index in [0.717, 1.165) is 12.1 Å². The molecule has 0 aliphatic rings. The normalized spacial score (nSPS) is 11.9. The van der Waals surface area contributed by atoms with Gasteiger partial charge in [-0.05, 0) is 48.7 Å². The van der Waals surface area contributed by atoms with Gasteiger partial charge >= 0.3 is 0 Å². The summed E-state index contributed by atoms with van der Waals surface area (Å²) < 4.78 is 26.7. The molecular formula is C19H19ClF2N2O2. The van der Waals surface area contributed by atoms with E-state index < -0.39 is 29.5 Å². The van der Waals surface area contributed by atoms with E-state index in [1.165, 1.54) is 0 Å². The molecule has 2 N–H and O–H groups in total. The first-order valence-electron chi connectivity index (χ1n) is 8.08. The molecule has 4 nitrogen and oxygen atoms in total. The molecule has 0 saturated carbocycles. The largest absolute Gasteiger partial charge is 0.340 e. The molecule has 0 bridgehead atoms. The van der Waals surface area contributed by atoms with E-state index in [-0.39, 0.29) is 11.6 Å². The Morgan fingerprint density at radius 2 is 1.73 bits per heavy atom. The standard InChI is InChI=1S/C19H19ClF2N2O2/c1-11(2)9-17(24-18(25)12-3-5-13(20)6-4-12)19(26)23-16-8-7-14(21)10-15(16)22/h3-8,10-11,17H,9H2,1-2H3,(H,23,26)(H,24,25)/t17-/m0/s1. The average molecular weight is 381 g/mol. The van der Waals surface area contributed by atoms with Crippen LogP contribution in [0.15, 0.2) is 42.5 Å². The van der Waals surface area contributed by atoms with Crippen LogP contribution in [-0.2, 0) is 4.79 Å². The SMILES string of the molecule is CC(C)C[C@H](NC(=O)c1ccc(Cl)cc1)C(=O)Nc1ccc(F)cc1F. The maximum atomic E-state index is 13.7. The Labute approximate surface area is 155 Å². The number of benzene rings is 2. The van der Waals surface area contributed by atoms with Crippen LogP contribution < -0.4 is 10.6 Å². The number of carbonyl (C=O) groups excluding carboxylic acids is 2. The Balaban J connectivity index is 2.13. The molecule has 7 heteroatoms. The van der Waals surface area contributed by atoms with Gasteiger partial charge in [0, 0.05) is 16.7 Å². The van der Waals surface area contributed by atoms with Gasteiger partial charge in [0.1, 0.15) is 17.7 Å². The number of rotatable bonds is 6. The fraction of sp³-hybridized carbons (Fsp3) is 0.263. The highest BCUT2D eigenvalue weighted by Crippen LogP contribution is 2.17. The van der Waals surface area contributed by atoms with Gasteiger partial charge in [-0.1, -0.05) is 25.4 Å². The molecule has 0 radical (unpaired) electrons. The van der Waals surface area contributed by atoms with Crippen molar-refractivity contribution in [3.8, 4) is 0 Å². The van der Waals surface area contributed by atoms with Gasteiger partial charge in [-0.25, -0.2) is 8.78 Å². The van der Waals surface area contributed by atoms with Crippen molar-refractivity contribution in [1.82, 2.24) is 5.32 Å². The molecule has 2 aromatic carbocycles. The quantitative estimate of drug-likeness (QED) is 0.780. The molecule has 138 valence electrons. The number of nitrogens with one attached hydrogen (secondary N) is 2. The minimum atomic E-state index is -0.884. The molecule has 0 aliphatic carbocycles. The second-order valence-corrected chi connectivity index (χ2v) is 6.71. The molecular weight excluding hydrogens is 362 g/mol. The van der Waals surface area contributed by atoms with Gasteiger partial charge < -0.3 is 10.6 Å². The maximum absolute atomic E-state index is 13.7. The van der Waals surface area contributed by atoms with Crippen LogP contribution in [0, 0.1) is 17.6 Å². The summed E-state index contributed by atoms with van der Waals surface area (Å²) in [5, 5.41) is 5.53. The Bertz CT molecular complexity index is 795. The number of anilines is 1. The molecule has 2 rings (SSSR count). The molecule has 2 amide bonds. The van der Waals surface area contributed by atoms with Crippen molar-refractivity contribution in [3.05, 3.63) is 64.7 Å². The van der Waals surface area contributed by atoms with Gasteiger partial charge in [-0.3, -0.25) is 9.59 Å². The van der Waals surface area contributed by atoms with E-state index in [2.05, 4.69) is 10.6 Å². The molecule has 1 atom stereocenters. The van der Waals surface area contributed by atoms with Gasteiger partial charge in [0.05, 0.1) is 5.69 Å². The first-order valence-corrected chi connectivity index (χ1v) is 8.46. The molecule has 0 spiro atoms. The Hall–Kier alpha value is -2.47. The lowest BCUT2D eigenvalue weighted by atomic mass is 10.0. The van der Waals surface area contributed by atoms with Crippen molar-refractivity contribution in [2.24, 2.45) is 5.92 Å². The van der Waals surface area contributed by atoms with Gasteiger partial charge in [0.15, 0.2) is 0 Å². The van der Waals surface area contributed by atoms with Gasteiger partial charge in [-0.2, -0.15) is 0 Å². The fourth-order valence-electron chi connectivity index (χ4n) is 2.36. The monoisotopic (exact) mass is 380 g/mol. The first kappa shape index (κ1) is 19.8. The Morgan fingerprint density at radius 3 is 2.31 bits per heavy atom. The summed E-state index contributed by atoms with van der Waals surface area (Å²) in [4.78, 5) is 24.9. The number of carbonyl (C=O) groups is 2. The van der Waals surface area contributed by atoms with Crippen molar-refractivity contribution in [3.63, 3.8) is 0 Å². The molecule has 0 heterocycles. The molecule has 26 heavy (non-hydrogen) atoms. The fourth-order valence-corrected chi connectivity index (χ4v) is 2.48. The van der Waals surface area contributed by atoms with Gasteiger partial charge in [0.25, 0.3) is 5.91 Å². The lowest BCUT2D eigenvalue weighted by Gasteiger charge is -2.20. The topological polar surface area (TPSA) is 58.2 Å². The van der Waals surface area contributed by atoms with E-state index in [9.17, 15) is 18.4 Å². The van der Waals surface area contributed by atoms with Crippen LogP contribution in [0.5, 0.6) is 0 Å². The van der Waals surface area contributed by atoms with Crippen molar-refractivity contribution in [1.29, 1.82) is 0 Å². The zero-order chi connectivity index (χ0) is 19.3. The van der Waals surface area contributed by atoms with E-state index >= 15 is 0 Å². The van der Waals surface area contributed by atoms with Gasteiger partial charge in [0.2, 0.25) is 5.91 Å². The summed E-state index contributed by atoms with van der Waals surface area (Å²) >= 11 is 5.80. The highest BCUT2D eigenvalue weighted by Gasteiger charge is 2.23. The zero-order valence-electron chi connectivity index (χ0n) is 14.4. The smallest absolute Gasteiger partial charge is 0.251 e. The summed E-state index contributed by atoms with van der Waals surface area (Å²) in [7, 11) is 0. The molecule has 0 unspecified atom stereocenters. The van der Waals surface area contributed by atoms with E-state index in [4.69, 9.17) is 11.6 Å². The van der Waals surface area contributed by atoms with Crippen molar-refractivity contribution in [2.75, 3.05) is 5.32 Å². The minimum absolute atomic E-state index is 0.106. The third-order valence-electron chi connectivity index (χ3n) is 3.62. The van der Waals surface area contributed by atoms with E-state index in [1.807, 2.05) is 13.8 Å². The lowest BCUT2D eigenvalue weighted by molar-refractivity contribution is -0.118. The number of hydrogen-bond acceptors (Lipinski definition) is 2. The van der Waals surface area contributed by atoms with Crippen molar-refractivity contribution in [2.45, 2.75) is 26.3 Å². The molecule has 2 aromatic rings. The third-order valence-corrected chi connectivity index (χ3v) is 3.88. The van der Waals surface area contributed by atoms with Crippen molar-refractivity contribution >= 4 is 29.1 Å². The molecule has 0 aliphatic heterocycles. The lowest BCUT2D eigenvalue weighted by Crippen LogP contribution is -2.44. The predicted octanol–water partition coefficient (Wildman–Crippen LogP) is 4.40. The molecule has 0 aromatic heterocycles. The Morgan fingerprint density at radius 1 is 1.08 bits per heavy atom. The third kappa shape index (κ3) is 5.52. The van der Waals surface area contributed by atoms with Crippen molar-refractivity contribution < 1.29 is 18.4 Å². The van der Waals surface area contributed by atoms with Crippen LogP contribution in [0.1, 0.15) is 30.6 Å². The number of amides is 2. The van der Waals surface area contributed by atoms with Crippen LogP contribution in [-0.4, -0.2) is 17.9 Å². The Kier molecular flexibility index (Phi) is 6.69. The van der Waals surface area contributed by atoms with E-state index in [1.54, 1.807) is 24.3 Å². The summed E-state index contributed by atoms with van der Waals surface area (Å²) in [5.41, 5.74) is 0.204. The predicted molar refractivity (Wildman–Crippen MR) is 97.1 cm³/mol. The molecule has 0 saturated heterocycles. The van der Waals surface area contributed by atoms with Crippen LogP contribution >= 0.6 is 11.6 Å². The molecule has 0 fully saturated rings. The van der Waals surface area contributed by atoms with Gasteiger partial charge in [-0.15, -0.1) is 0 Å². The van der Waals surface area contributed by atoms with Crippen LogP contribution in [0.25, 0.3) is 0 Å². The van der Waals surface area contributed by atoms with Crippen LogP contribution in [0.2, 0.25) is 5.02 Å². The summed E-state index contributed by atoms with van der Waals surface area (Å²) in [6.45, 7) is 3.79. The van der Waals surface area contributed by atoms with Crippen LogP contribution in [0.3, 0.4) is 0 Å². The highest BCUT2D eigenvalue weighted by atomic mass is 35.5. The average Bonchev–Trinajstić information content (AvgIpc) is 2.56. The summed E-state index contributed by atoms with van der Waals surface area (Å²) in [6, 6.07) is 8.22. The first-order chi connectivity index (χ1) is 12.3. The summed E-state index contributed by atoms with van der Waals surface area (Å²) in [5.74, 6) is -2.54. The second kappa shape index (κ2) is 8.76.